The van der Waals surface area contributed by atoms with Gasteiger partial charge >= 0.3 is 0 Å². The summed E-state index contributed by atoms with van der Waals surface area (Å²) in [6, 6.07) is 0. The number of nitrogens with two attached hydrogens (primary N) is 1. The molecule has 0 spiro atoms. The van der Waals surface area contributed by atoms with Crippen molar-refractivity contribution in [3.63, 3.8) is 0 Å². The van der Waals surface area contributed by atoms with E-state index in [-0.39, 0.29) is 12.4 Å². The van der Waals surface area contributed by atoms with Gasteiger partial charge in [-0.3, -0.25) is 4.99 Å². The number of aliphatic imine (C=N–C) groups is 1. The van der Waals surface area contributed by atoms with Crippen LogP contribution in [0.3, 0.4) is 0 Å². The number of nitrogens with zero attached hydrogens (tertiary/aromatic N) is 1. The summed E-state index contributed by atoms with van der Waals surface area (Å²) in [6.07, 6.45) is 9.77. The van der Waals surface area contributed by atoms with Gasteiger partial charge in [0, 0.05) is 19.5 Å². The van der Waals surface area contributed by atoms with Gasteiger partial charge in [-0.15, -0.1) is 12.4 Å². The van der Waals surface area contributed by atoms with Crippen LogP contribution in [0.5, 0.6) is 0 Å². The van der Waals surface area contributed by atoms with Gasteiger partial charge in [0.25, 0.3) is 0 Å². The molecule has 0 amide bonds. The van der Waals surface area contributed by atoms with Gasteiger partial charge in [-0.05, 0) is 71.2 Å². The van der Waals surface area contributed by atoms with Crippen molar-refractivity contribution in [1.82, 2.24) is 16.0 Å². The molecule has 1 aliphatic heterocycles. The number of hydrogen-bond donors (Lipinski definition) is 4. The molecule has 0 fully saturated rings. The van der Waals surface area contributed by atoms with E-state index >= 15 is 0 Å². The smallest absolute Gasteiger partial charge is 0.0963 e. The maximum atomic E-state index is 5.44. The fourth-order valence-electron chi connectivity index (χ4n) is 2.44. The van der Waals surface area contributed by atoms with E-state index in [0.29, 0.717) is 0 Å². The Bertz CT molecular complexity index is 261. The van der Waals surface area contributed by atoms with Crippen LogP contribution in [-0.2, 0) is 0 Å². The van der Waals surface area contributed by atoms with E-state index in [9.17, 15) is 0 Å². The van der Waals surface area contributed by atoms with E-state index in [0.717, 1.165) is 58.7 Å². The van der Waals surface area contributed by atoms with E-state index < -0.39 is 0 Å². The van der Waals surface area contributed by atoms with E-state index in [4.69, 9.17) is 5.73 Å². The topological polar surface area (TPSA) is 74.5 Å². The highest BCUT2D eigenvalue weighted by atomic mass is 35.5. The molecule has 0 radical (unpaired) electrons. The molecule has 6 heteroatoms. The van der Waals surface area contributed by atoms with Gasteiger partial charge in [0.15, 0.2) is 0 Å². The Kier molecular flexibility index (Phi) is 16.7. The SMILES string of the molecule is Cl.NCCCNCCCCNCCCNC1=NCCCCC1. The largest absolute Gasteiger partial charge is 0.374 e. The number of hydrogen-bond acceptors (Lipinski definition) is 5. The van der Waals surface area contributed by atoms with E-state index in [1.807, 2.05) is 0 Å². The molecule has 0 aliphatic carbocycles. The van der Waals surface area contributed by atoms with Gasteiger partial charge in [-0.2, -0.15) is 0 Å². The van der Waals surface area contributed by atoms with Crippen molar-refractivity contribution < 1.29 is 0 Å². The van der Waals surface area contributed by atoms with Crippen molar-refractivity contribution in [3.05, 3.63) is 0 Å². The molecular formula is C16H36ClN5. The van der Waals surface area contributed by atoms with Crippen molar-refractivity contribution in [1.29, 1.82) is 0 Å². The molecule has 22 heavy (non-hydrogen) atoms. The first-order chi connectivity index (χ1) is 10.4. The lowest BCUT2D eigenvalue weighted by Crippen LogP contribution is -2.27. The molecule has 0 saturated heterocycles. The molecule has 5 nitrogen and oxygen atoms in total. The second kappa shape index (κ2) is 17.0. The summed E-state index contributed by atoms with van der Waals surface area (Å²) in [5, 5.41) is 10.4. The molecule has 0 bridgehead atoms. The summed E-state index contributed by atoms with van der Waals surface area (Å²) < 4.78 is 0. The second-order valence-corrected chi connectivity index (χ2v) is 5.77. The van der Waals surface area contributed by atoms with Crippen LogP contribution in [0.2, 0.25) is 0 Å². The molecule has 1 heterocycles. The summed E-state index contributed by atoms with van der Waals surface area (Å²) in [5.41, 5.74) is 5.44. The summed E-state index contributed by atoms with van der Waals surface area (Å²) in [4.78, 5) is 4.58. The zero-order chi connectivity index (χ0) is 15.0. The summed E-state index contributed by atoms with van der Waals surface area (Å²) in [6.45, 7) is 7.24. The molecule has 5 N–H and O–H groups in total. The van der Waals surface area contributed by atoms with Crippen molar-refractivity contribution >= 4 is 18.2 Å². The predicted molar refractivity (Wildman–Crippen MR) is 99.3 cm³/mol. The van der Waals surface area contributed by atoms with Crippen LogP contribution in [0.15, 0.2) is 4.99 Å². The number of nitrogens with one attached hydrogen (secondary N) is 3. The lowest BCUT2D eigenvalue weighted by atomic mass is 10.2. The van der Waals surface area contributed by atoms with E-state index in [1.165, 1.54) is 44.4 Å². The fourth-order valence-corrected chi connectivity index (χ4v) is 2.44. The molecule has 0 aromatic carbocycles. The van der Waals surface area contributed by atoms with Gasteiger partial charge in [0.2, 0.25) is 0 Å². The monoisotopic (exact) mass is 333 g/mol. The number of rotatable bonds is 12. The van der Waals surface area contributed by atoms with Crippen LogP contribution in [-0.4, -0.2) is 51.6 Å². The standard InChI is InChI=1S/C16H35N5.ClH/c17-9-6-12-18-10-4-5-11-19-13-7-15-21-16-8-2-1-3-14-20-16;/h18-19H,1-15,17H2,(H,20,21);1H. The lowest BCUT2D eigenvalue weighted by Gasteiger charge is -2.09. The van der Waals surface area contributed by atoms with Crippen LogP contribution >= 0.6 is 12.4 Å². The van der Waals surface area contributed by atoms with Crippen LogP contribution < -0.4 is 21.7 Å². The third-order valence-electron chi connectivity index (χ3n) is 3.75. The molecule has 132 valence electrons. The van der Waals surface area contributed by atoms with Crippen LogP contribution in [0.25, 0.3) is 0 Å². The number of halogens is 1. The summed E-state index contributed by atoms with van der Waals surface area (Å²) in [5.74, 6) is 1.23. The van der Waals surface area contributed by atoms with Crippen LogP contribution in [0, 0.1) is 0 Å². The molecular weight excluding hydrogens is 298 g/mol. The van der Waals surface area contributed by atoms with Crippen molar-refractivity contribution in [2.24, 2.45) is 10.7 Å². The summed E-state index contributed by atoms with van der Waals surface area (Å²) >= 11 is 0. The first-order valence-electron chi connectivity index (χ1n) is 8.82. The maximum absolute atomic E-state index is 5.44. The number of amidine groups is 1. The first kappa shape index (κ1) is 21.6. The molecule has 1 rings (SSSR count). The van der Waals surface area contributed by atoms with Gasteiger partial charge in [-0.1, -0.05) is 6.42 Å². The Hall–Kier alpha value is -0.360. The quantitative estimate of drug-likeness (QED) is 0.410. The lowest BCUT2D eigenvalue weighted by molar-refractivity contribution is 0.567. The normalized spacial score (nSPS) is 14.9. The van der Waals surface area contributed by atoms with Crippen LogP contribution in [0.4, 0.5) is 0 Å². The number of unbranched alkanes of at least 4 members (excludes halogenated alkanes) is 1. The fraction of sp³-hybridized carbons (Fsp3) is 0.938. The average molecular weight is 334 g/mol. The van der Waals surface area contributed by atoms with E-state index in [2.05, 4.69) is 20.9 Å². The van der Waals surface area contributed by atoms with Gasteiger partial charge in [0.05, 0.1) is 5.84 Å². The zero-order valence-corrected chi connectivity index (χ0v) is 14.9. The molecule has 0 saturated carbocycles. The van der Waals surface area contributed by atoms with E-state index in [1.54, 1.807) is 0 Å². The first-order valence-corrected chi connectivity index (χ1v) is 8.82. The minimum absolute atomic E-state index is 0. The van der Waals surface area contributed by atoms with Gasteiger partial charge in [0.1, 0.15) is 0 Å². The third-order valence-corrected chi connectivity index (χ3v) is 3.75. The Morgan fingerprint density at radius 1 is 0.818 bits per heavy atom. The minimum Gasteiger partial charge on any atom is -0.374 e. The van der Waals surface area contributed by atoms with Crippen molar-refractivity contribution in [2.75, 3.05) is 45.8 Å². The molecule has 1 aliphatic rings. The van der Waals surface area contributed by atoms with Gasteiger partial charge < -0.3 is 21.7 Å². The Labute approximate surface area is 142 Å². The average Bonchev–Trinajstić information content (AvgIpc) is 2.77. The molecule has 0 unspecified atom stereocenters. The van der Waals surface area contributed by atoms with Crippen molar-refractivity contribution in [2.45, 2.75) is 51.4 Å². The highest BCUT2D eigenvalue weighted by Crippen LogP contribution is 2.05. The van der Waals surface area contributed by atoms with Crippen LogP contribution in [0.1, 0.15) is 51.4 Å². The Balaban J connectivity index is 0.00000441. The summed E-state index contributed by atoms with van der Waals surface area (Å²) in [7, 11) is 0. The highest BCUT2D eigenvalue weighted by Gasteiger charge is 2.02. The Morgan fingerprint density at radius 2 is 1.50 bits per heavy atom. The maximum Gasteiger partial charge on any atom is 0.0963 e. The molecule has 0 aromatic heterocycles. The third kappa shape index (κ3) is 13.3. The Morgan fingerprint density at radius 3 is 2.23 bits per heavy atom. The zero-order valence-electron chi connectivity index (χ0n) is 14.0. The molecule has 0 aromatic rings. The predicted octanol–water partition coefficient (Wildman–Crippen LogP) is 1.67. The minimum atomic E-state index is 0. The highest BCUT2D eigenvalue weighted by molar-refractivity contribution is 5.85. The molecule has 0 atom stereocenters. The second-order valence-electron chi connectivity index (χ2n) is 5.77. The van der Waals surface area contributed by atoms with Gasteiger partial charge in [-0.25, -0.2) is 0 Å². The van der Waals surface area contributed by atoms with Crippen molar-refractivity contribution in [3.8, 4) is 0 Å².